The third kappa shape index (κ3) is 1.90. The number of fused-ring (bicyclic) bond motifs is 2. The minimum absolute atomic E-state index is 0. The molecule has 5 heteroatoms. The molecule has 0 unspecified atom stereocenters. The van der Waals surface area contributed by atoms with Crippen molar-refractivity contribution in [2.45, 2.75) is 6.92 Å². The van der Waals surface area contributed by atoms with E-state index in [1.165, 1.54) is 31.4 Å². The van der Waals surface area contributed by atoms with Gasteiger partial charge in [0.25, 0.3) is 0 Å². The molecule has 0 saturated carbocycles. The molecule has 2 nitrogen and oxygen atoms in total. The van der Waals surface area contributed by atoms with E-state index in [0.717, 1.165) is 13.1 Å². The van der Waals surface area contributed by atoms with Gasteiger partial charge in [-0.3, -0.25) is 4.99 Å². The minimum Gasteiger partial charge on any atom is -0.318 e. The Morgan fingerprint density at radius 3 is 3.05 bits per heavy atom. The van der Waals surface area contributed by atoms with Crippen LogP contribution >= 0.6 is 35.5 Å². The zero-order valence-electron chi connectivity index (χ0n) is 10.4. The molecule has 2 aliphatic rings. The number of halogens is 1. The molecule has 0 radical (unpaired) electrons. The Kier molecular flexibility index (Phi) is 3.33. The number of thioether (sulfide) groups is 1. The Bertz CT molecular complexity index is 702. The fourth-order valence-electron chi connectivity index (χ4n) is 2.63. The number of thiophene rings is 1. The van der Waals surface area contributed by atoms with E-state index in [9.17, 15) is 0 Å². The molecule has 19 heavy (non-hydrogen) atoms. The zero-order valence-corrected chi connectivity index (χ0v) is 12.9. The van der Waals surface area contributed by atoms with Crippen LogP contribution in [0.25, 0.3) is 15.8 Å². The number of hydrogen-bond donors (Lipinski definition) is 0. The van der Waals surface area contributed by atoms with Crippen LogP contribution < -0.4 is 0 Å². The van der Waals surface area contributed by atoms with Gasteiger partial charge in [-0.05, 0) is 24.4 Å². The molecule has 0 amide bonds. The van der Waals surface area contributed by atoms with Gasteiger partial charge in [-0.1, -0.05) is 23.9 Å². The molecule has 1 aromatic heterocycles. The summed E-state index contributed by atoms with van der Waals surface area (Å²) in [5.74, 6) is 0. The van der Waals surface area contributed by atoms with Crippen molar-refractivity contribution in [2.24, 2.45) is 4.99 Å². The first-order chi connectivity index (χ1) is 8.84. The molecule has 2 aliphatic heterocycles. The number of hydrogen-bond acceptors (Lipinski definition) is 4. The topological polar surface area (TPSA) is 15.6 Å². The summed E-state index contributed by atoms with van der Waals surface area (Å²) in [7, 11) is 0. The van der Waals surface area contributed by atoms with Crippen molar-refractivity contribution in [1.82, 2.24) is 4.90 Å². The molecule has 0 aliphatic carbocycles. The largest absolute Gasteiger partial charge is 0.318 e. The van der Waals surface area contributed by atoms with Crippen molar-refractivity contribution in [1.29, 1.82) is 0 Å². The quantitative estimate of drug-likeness (QED) is 0.774. The van der Waals surface area contributed by atoms with Gasteiger partial charge in [-0.15, -0.1) is 23.7 Å². The van der Waals surface area contributed by atoms with Crippen molar-refractivity contribution >= 4 is 56.5 Å². The van der Waals surface area contributed by atoms with Crippen LogP contribution in [0.1, 0.15) is 12.5 Å². The lowest BCUT2D eigenvalue weighted by atomic mass is 10.1. The number of allylic oxidation sites excluding steroid dienone is 1. The SMILES string of the molecule is CC1=C(c2cccc3sccc23)N2CCN=C2S1.Cl. The smallest absolute Gasteiger partial charge is 0.168 e. The highest BCUT2D eigenvalue weighted by Gasteiger charge is 2.31. The Labute approximate surface area is 126 Å². The maximum atomic E-state index is 4.56. The molecule has 3 heterocycles. The summed E-state index contributed by atoms with van der Waals surface area (Å²) >= 11 is 3.62. The lowest BCUT2D eigenvalue weighted by molar-refractivity contribution is 0.648. The van der Waals surface area contributed by atoms with E-state index < -0.39 is 0 Å². The van der Waals surface area contributed by atoms with Gasteiger partial charge in [0.1, 0.15) is 0 Å². The predicted octanol–water partition coefficient (Wildman–Crippen LogP) is 4.43. The molecule has 98 valence electrons. The second kappa shape index (κ2) is 4.85. The molecule has 1 aromatic carbocycles. The fraction of sp³-hybridized carbons (Fsp3) is 0.214. The maximum Gasteiger partial charge on any atom is 0.168 e. The van der Waals surface area contributed by atoms with Gasteiger partial charge in [0.2, 0.25) is 0 Å². The van der Waals surface area contributed by atoms with E-state index in [2.05, 4.69) is 46.5 Å². The summed E-state index contributed by atoms with van der Waals surface area (Å²) in [6, 6.07) is 8.81. The van der Waals surface area contributed by atoms with E-state index >= 15 is 0 Å². The first-order valence-electron chi connectivity index (χ1n) is 6.02. The van der Waals surface area contributed by atoms with Crippen LogP contribution in [0.3, 0.4) is 0 Å². The normalized spacial score (nSPS) is 17.7. The van der Waals surface area contributed by atoms with Crippen molar-refractivity contribution in [3.63, 3.8) is 0 Å². The Balaban J connectivity index is 0.00000110. The van der Waals surface area contributed by atoms with E-state index in [-0.39, 0.29) is 12.4 Å². The van der Waals surface area contributed by atoms with Gasteiger partial charge in [-0.2, -0.15) is 0 Å². The van der Waals surface area contributed by atoms with E-state index in [0.29, 0.717) is 0 Å². The zero-order chi connectivity index (χ0) is 12.1. The van der Waals surface area contributed by atoms with Crippen LogP contribution in [-0.2, 0) is 0 Å². The summed E-state index contributed by atoms with van der Waals surface area (Å²) in [5, 5.41) is 4.71. The molecule has 0 saturated heterocycles. The standard InChI is InChI=1S/C14H12N2S2.ClH/c1-9-13(16-7-6-15-14(16)18-9)11-3-2-4-12-10(11)5-8-17-12;/h2-5,8H,6-7H2,1H3;1H. The van der Waals surface area contributed by atoms with E-state index in [4.69, 9.17) is 0 Å². The van der Waals surface area contributed by atoms with Gasteiger partial charge >= 0.3 is 0 Å². The molecule has 0 bridgehead atoms. The second-order valence-electron chi connectivity index (χ2n) is 4.46. The van der Waals surface area contributed by atoms with Crippen LogP contribution in [0.15, 0.2) is 39.5 Å². The van der Waals surface area contributed by atoms with Crippen LogP contribution in [0.4, 0.5) is 0 Å². The molecule has 0 spiro atoms. The Morgan fingerprint density at radius 1 is 1.26 bits per heavy atom. The number of amidine groups is 1. The van der Waals surface area contributed by atoms with E-state index in [1.807, 2.05) is 23.1 Å². The predicted molar refractivity (Wildman–Crippen MR) is 88.3 cm³/mol. The number of benzene rings is 1. The third-order valence-electron chi connectivity index (χ3n) is 3.40. The highest BCUT2D eigenvalue weighted by atomic mass is 35.5. The monoisotopic (exact) mass is 308 g/mol. The molecule has 4 rings (SSSR count). The second-order valence-corrected chi connectivity index (χ2v) is 6.59. The van der Waals surface area contributed by atoms with Crippen LogP contribution in [-0.4, -0.2) is 23.2 Å². The van der Waals surface area contributed by atoms with E-state index in [1.54, 1.807) is 0 Å². The van der Waals surface area contributed by atoms with Crippen LogP contribution in [0, 0.1) is 0 Å². The summed E-state index contributed by atoms with van der Waals surface area (Å²) < 4.78 is 1.36. The van der Waals surface area contributed by atoms with Gasteiger partial charge in [0.05, 0.1) is 12.2 Å². The minimum atomic E-state index is 0. The van der Waals surface area contributed by atoms with Gasteiger partial charge in [-0.25, -0.2) is 0 Å². The first kappa shape index (κ1) is 13.0. The number of nitrogens with zero attached hydrogens (tertiary/aromatic N) is 2. The van der Waals surface area contributed by atoms with Gasteiger partial charge < -0.3 is 4.90 Å². The fourth-order valence-corrected chi connectivity index (χ4v) is 4.48. The highest BCUT2D eigenvalue weighted by Crippen LogP contribution is 2.43. The lowest BCUT2D eigenvalue weighted by Gasteiger charge is -2.17. The summed E-state index contributed by atoms with van der Waals surface area (Å²) in [4.78, 5) is 8.29. The average Bonchev–Trinajstić information content (AvgIpc) is 3.02. The third-order valence-corrected chi connectivity index (χ3v) is 5.31. The van der Waals surface area contributed by atoms with Crippen LogP contribution in [0.5, 0.6) is 0 Å². The lowest BCUT2D eigenvalue weighted by Crippen LogP contribution is -2.20. The molecular weight excluding hydrogens is 296 g/mol. The van der Waals surface area contributed by atoms with Crippen molar-refractivity contribution in [2.75, 3.05) is 13.1 Å². The molecular formula is C14H13ClN2S2. The van der Waals surface area contributed by atoms with Gasteiger partial charge in [0, 0.05) is 27.1 Å². The van der Waals surface area contributed by atoms with Gasteiger partial charge in [0.15, 0.2) is 5.17 Å². The molecule has 0 atom stereocenters. The van der Waals surface area contributed by atoms with Crippen molar-refractivity contribution < 1.29 is 0 Å². The van der Waals surface area contributed by atoms with Crippen molar-refractivity contribution in [3.05, 3.63) is 40.1 Å². The summed E-state index contributed by atoms with van der Waals surface area (Å²) in [6.45, 7) is 4.15. The average molecular weight is 309 g/mol. The molecule has 0 N–H and O–H groups in total. The Morgan fingerprint density at radius 2 is 2.16 bits per heavy atom. The molecule has 0 fully saturated rings. The summed E-state index contributed by atoms with van der Waals surface area (Å²) in [6.07, 6.45) is 0. The number of aliphatic imine (C=N–C) groups is 1. The highest BCUT2D eigenvalue weighted by molar-refractivity contribution is 8.17. The van der Waals surface area contributed by atoms with Crippen molar-refractivity contribution in [3.8, 4) is 0 Å². The van der Waals surface area contributed by atoms with Crippen LogP contribution in [0.2, 0.25) is 0 Å². The first-order valence-corrected chi connectivity index (χ1v) is 7.71. The molecule has 2 aromatic rings. The Hall–Kier alpha value is -0.970. The maximum absolute atomic E-state index is 4.56. The number of rotatable bonds is 1. The summed E-state index contributed by atoms with van der Waals surface area (Å²) in [5.41, 5.74) is 2.71.